The monoisotopic (exact) mass is 303 g/mol. The second-order valence-electron chi connectivity index (χ2n) is 3.46. The molecule has 0 aliphatic carbocycles. The van der Waals surface area contributed by atoms with Crippen molar-refractivity contribution in [2.45, 2.75) is 16.2 Å². The lowest BCUT2D eigenvalue weighted by Crippen LogP contribution is -2.28. The molecule has 0 aliphatic heterocycles. The third-order valence-electron chi connectivity index (χ3n) is 2.23. The number of benzene rings is 1. The van der Waals surface area contributed by atoms with Crippen molar-refractivity contribution >= 4 is 20.0 Å². The smallest absolute Gasteiger partial charge is 0.214 e. The van der Waals surface area contributed by atoms with Gasteiger partial charge < -0.3 is 0 Å². The van der Waals surface area contributed by atoms with Crippen molar-refractivity contribution < 1.29 is 16.8 Å². The van der Waals surface area contributed by atoms with Gasteiger partial charge in [0.05, 0.1) is 6.07 Å². The summed E-state index contributed by atoms with van der Waals surface area (Å²) in [6, 6.07) is 7.04. The maximum atomic E-state index is 12.0. The van der Waals surface area contributed by atoms with Gasteiger partial charge in [-0.3, -0.25) is 0 Å². The number of hydrogen-bond acceptors (Lipinski definition) is 5. The molecule has 0 spiro atoms. The molecular formula is C10H13N3O4S2. The van der Waals surface area contributed by atoms with Gasteiger partial charge in [-0.1, -0.05) is 12.1 Å². The van der Waals surface area contributed by atoms with Crippen molar-refractivity contribution in [2.75, 3.05) is 13.6 Å². The summed E-state index contributed by atoms with van der Waals surface area (Å²) in [5.74, 6) is 0. The van der Waals surface area contributed by atoms with E-state index in [1.807, 2.05) is 0 Å². The number of nitrogens with one attached hydrogen (secondary N) is 2. The van der Waals surface area contributed by atoms with Crippen LogP contribution < -0.4 is 9.44 Å². The second kappa shape index (κ2) is 6.12. The Bertz CT molecular complexity index is 690. The van der Waals surface area contributed by atoms with Crippen LogP contribution in [0.3, 0.4) is 0 Å². The Morgan fingerprint density at radius 1 is 1.11 bits per heavy atom. The molecule has 0 bridgehead atoms. The lowest BCUT2D eigenvalue weighted by Gasteiger charge is -2.10. The molecule has 0 saturated carbocycles. The molecular weight excluding hydrogens is 290 g/mol. The van der Waals surface area contributed by atoms with E-state index >= 15 is 0 Å². The van der Waals surface area contributed by atoms with Gasteiger partial charge in [-0.15, -0.1) is 0 Å². The van der Waals surface area contributed by atoms with Crippen LogP contribution in [-0.4, -0.2) is 30.4 Å². The van der Waals surface area contributed by atoms with E-state index in [1.165, 1.54) is 31.3 Å². The fraction of sp³-hybridized carbons (Fsp3) is 0.300. The molecule has 0 amide bonds. The summed E-state index contributed by atoms with van der Waals surface area (Å²) in [4.78, 5) is -0.677. The standard InChI is InChI=1S/C10H13N3O4S2/c1-12-18(14,15)9-5-2-3-6-10(9)19(16,17)13-8-4-7-11/h2-3,5-6,12-13H,4,8H2,1H3. The average molecular weight is 303 g/mol. The summed E-state index contributed by atoms with van der Waals surface area (Å²) in [6.45, 7) is -0.0766. The SMILES string of the molecule is CNS(=O)(=O)c1ccccc1S(=O)(=O)NCCC#N. The predicted molar refractivity (Wildman–Crippen MR) is 68.1 cm³/mol. The van der Waals surface area contributed by atoms with Gasteiger partial charge in [0.2, 0.25) is 20.0 Å². The molecule has 1 aromatic rings. The van der Waals surface area contributed by atoms with E-state index in [0.29, 0.717) is 0 Å². The van der Waals surface area contributed by atoms with Gasteiger partial charge in [-0.05, 0) is 19.2 Å². The number of rotatable bonds is 6. The number of nitrogens with zero attached hydrogens (tertiary/aromatic N) is 1. The Morgan fingerprint density at radius 3 is 2.11 bits per heavy atom. The van der Waals surface area contributed by atoms with Crippen molar-refractivity contribution in [3.63, 3.8) is 0 Å². The van der Waals surface area contributed by atoms with Crippen LogP contribution in [0.1, 0.15) is 6.42 Å². The van der Waals surface area contributed by atoms with E-state index < -0.39 is 20.0 Å². The van der Waals surface area contributed by atoms with Gasteiger partial charge in [-0.25, -0.2) is 26.3 Å². The Morgan fingerprint density at radius 2 is 1.63 bits per heavy atom. The summed E-state index contributed by atoms with van der Waals surface area (Å²) < 4.78 is 51.7. The quantitative estimate of drug-likeness (QED) is 0.705. The molecule has 0 atom stereocenters. The van der Waals surface area contributed by atoms with Gasteiger partial charge in [0, 0.05) is 13.0 Å². The molecule has 2 N–H and O–H groups in total. The lowest BCUT2D eigenvalue weighted by molar-refractivity contribution is 0.571. The van der Waals surface area contributed by atoms with Crippen molar-refractivity contribution in [1.29, 1.82) is 5.26 Å². The Kier molecular flexibility index (Phi) is 5.02. The highest BCUT2D eigenvalue weighted by molar-refractivity contribution is 7.92. The number of sulfonamides is 2. The molecule has 0 saturated heterocycles. The van der Waals surface area contributed by atoms with Crippen LogP contribution in [0.5, 0.6) is 0 Å². The zero-order chi connectivity index (χ0) is 14.5. The first-order valence-electron chi connectivity index (χ1n) is 5.24. The highest BCUT2D eigenvalue weighted by atomic mass is 32.2. The second-order valence-corrected chi connectivity index (χ2v) is 7.05. The number of hydrogen-bond donors (Lipinski definition) is 2. The molecule has 0 heterocycles. The first-order chi connectivity index (χ1) is 8.85. The van der Waals surface area contributed by atoms with Crippen LogP contribution >= 0.6 is 0 Å². The normalized spacial score (nSPS) is 12.0. The van der Waals surface area contributed by atoms with Crippen LogP contribution in [0.25, 0.3) is 0 Å². The summed E-state index contributed by atoms with van der Waals surface area (Å²) in [7, 11) is -6.66. The van der Waals surface area contributed by atoms with Gasteiger partial charge in [0.15, 0.2) is 0 Å². The van der Waals surface area contributed by atoms with Crippen molar-refractivity contribution in [3.8, 4) is 6.07 Å². The minimum atomic E-state index is -3.98. The molecule has 1 rings (SSSR count). The lowest BCUT2D eigenvalue weighted by atomic mass is 10.4. The zero-order valence-electron chi connectivity index (χ0n) is 10.1. The third-order valence-corrected chi connectivity index (χ3v) is 5.35. The zero-order valence-corrected chi connectivity index (χ0v) is 11.8. The molecule has 9 heteroatoms. The van der Waals surface area contributed by atoms with Crippen molar-refractivity contribution in [3.05, 3.63) is 24.3 Å². The highest BCUT2D eigenvalue weighted by Crippen LogP contribution is 2.19. The first kappa shape index (κ1) is 15.6. The molecule has 0 aromatic heterocycles. The largest absolute Gasteiger partial charge is 0.241 e. The van der Waals surface area contributed by atoms with Crippen LogP contribution in [0.15, 0.2) is 34.1 Å². The van der Waals surface area contributed by atoms with E-state index in [0.717, 1.165) is 0 Å². The molecule has 0 radical (unpaired) electrons. The fourth-order valence-corrected chi connectivity index (χ4v) is 3.91. The molecule has 7 nitrogen and oxygen atoms in total. The highest BCUT2D eigenvalue weighted by Gasteiger charge is 2.24. The maximum Gasteiger partial charge on any atom is 0.241 e. The molecule has 104 valence electrons. The average Bonchev–Trinajstić information content (AvgIpc) is 2.39. The summed E-state index contributed by atoms with van der Waals surface area (Å²) in [6.07, 6.45) is 0.000173. The van der Waals surface area contributed by atoms with Crippen LogP contribution in [0.2, 0.25) is 0 Å². The summed E-state index contributed by atoms with van der Waals surface area (Å²) >= 11 is 0. The van der Waals surface area contributed by atoms with Gasteiger partial charge in [0.25, 0.3) is 0 Å². The molecule has 0 unspecified atom stereocenters. The summed E-state index contributed by atoms with van der Waals surface area (Å²) in [5.41, 5.74) is 0. The van der Waals surface area contributed by atoms with Crippen LogP contribution in [-0.2, 0) is 20.0 Å². The van der Waals surface area contributed by atoms with E-state index in [4.69, 9.17) is 5.26 Å². The van der Waals surface area contributed by atoms with Crippen molar-refractivity contribution in [1.82, 2.24) is 9.44 Å². The summed E-state index contributed by atoms with van der Waals surface area (Å²) in [5, 5.41) is 8.36. The third kappa shape index (κ3) is 3.74. The molecule has 19 heavy (non-hydrogen) atoms. The fourth-order valence-electron chi connectivity index (χ4n) is 1.32. The van der Waals surface area contributed by atoms with Gasteiger partial charge in [0.1, 0.15) is 9.79 Å². The van der Waals surface area contributed by atoms with E-state index in [2.05, 4.69) is 9.44 Å². The Hall–Kier alpha value is -1.47. The van der Waals surface area contributed by atoms with E-state index in [9.17, 15) is 16.8 Å². The molecule has 0 aliphatic rings. The van der Waals surface area contributed by atoms with Gasteiger partial charge in [-0.2, -0.15) is 5.26 Å². The topological polar surface area (TPSA) is 116 Å². The Balaban J connectivity index is 3.26. The van der Waals surface area contributed by atoms with E-state index in [1.54, 1.807) is 6.07 Å². The van der Waals surface area contributed by atoms with Gasteiger partial charge >= 0.3 is 0 Å². The van der Waals surface area contributed by atoms with E-state index in [-0.39, 0.29) is 22.8 Å². The van der Waals surface area contributed by atoms with Crippen LogP contribution in [0.4, 0.5) is 0 Å². The van der Waals surface area contributed by atoms with Crippen molar-refractivity contribution in [2.24, 2.45) is 0 Å². The molecule has 0 fully saturated rings. The maximum absolute atomic E-state index is 12.0. The minimum absolute atomic E-state index is 0.000173. The molecule has 1 aromatic carbocycles. The first-order valence-corrected chi connectivity index (χ1v) is 8.21. The van der Waals surface area contributed by atoms with Crippen LogP contribution in [0, 0.1) is 11.3 Å². The number of nitriles is 1. The predicted octanol–water partition coefficient (Wildman–Crippen LogP) is -0.213. The minimum Gasteiger partial charge on any atom is -0.214 e. The Labute approximate surface area is 112 Å².